The number of hydrogen-bond donors (Lipinski definition) is 1. The van der Waals surface area contributed by atoms with Crippen molar-refractivity contribution >= 4 is 21.9 Å². The van der Waals surface area contributed by atoms with Gasteiger partial charge in [-0.05, 0) is 63.9 Å². The van der Waals surface area contributed by atoms with Crippen LogP contribution in [0.15, 0.2) is 16.6 Å². The van der Waals surface area contributed by atoms with E-state index in [2.05, 4.69) is 15.9 Å². The molecule has 0 bridgehead atoms. The fourth-order valence-electron chi connectivity index (χ4n) is 2.61. The number of aliphatic carboxylic acids is 1. The average Bonchev–Trinajstić information content (AvgIpc) is 3.22. The third-order valence-corrected chi connectivity index (χ3v) is 4.32. The Kier molecular flexibility index (Phi) is 5.05. The Labute approximate surface area is 127 Å². The van der Waals surface area contributed by atoms with Crippen LogP contribution in [-0.2, 0) is 16.1 Å². The zero-order valence-corrected chi connectivity index (χ0v) is 13.3. The first-order chi connectivity index (χ1) is 9.56. The van der Waals surface area contributed by atoms with Gasteiger partial charge in [0.15, 0.2) is 0 Å². The van der Waals surface area contributed by atoms with Crippen LogP contribution in [0.3, 0.4) is 0 Å². The molecular formula is C15H19BrO4. The van der Waals surface area contributed by atoms with E-state index < -0.39 is 5.97 Å². The fourth-order valence-corrected chi connectivity index (χ4v) is 3.13. The maximum absolute atomic E-state index is 11.1. The molecule has 0 aromatic heterocycles. The van der Waals surface area contributed by atoms with Crippen molar-refractivity contribution in [1.29, 1.82) is 0 Å². The maximum atomic E-state index is 11.1. The Bertz CT molecular complexity index is 497. The first-order valence-corrected chi connectivity index (χ1v) is 7.43. The summed E-state index contributed by atoms with van der Waals surface area (Å²) in [4.78, 5) is 11.1. The molecule has 0 spiro atoms. The Hall–Kier alpha value is -1.07. The van der Waals surface area contributed by atoms with Gasteiger partial charge in [-0.2, -0.15) is 0 Å². The third kappa shape index (κ3) is 3.52. The van der Waals surface area contributed by atoms with Crippen LogP contribution in [0.4, 0.5) is 0 Å². The smallest absolute Gasteiger partial charge is 0.303 e. The van der Waals surface area contributed by atoms with Crippen LogP contribution in [0.25, 0.3) is 0 Å². The summed E-state index contributed by atoms with van der Waals surface area (Å²) < 4.78 is 11.4. The van der Waals surface area contributed by atoms with Crippen LogP contribution < -0.4 is 4.74 Å². The van der Waals surface area contributed by atoms with E-state index in [4.69, 9.17) is 14.6 Å². The Morgan fingerprint density at radius 3 is 2.65 bits per heavy atom. The van der Waals surface area contributed by atoms with Crippen molar-refractivity contribution in [3.63, 3.8) is 0 Å². The number of hydrogen-bond acceptors (Lipinski definition) is 3. The molecule has 1 aliphatic rings. The lowest BCUT2D eigenvalue weighted by atomic mass is 9.87. The van der Waals surface area contributed by atoms with Crippen molar-refractivity contribution < 1.29 is 19.4 Å². The van der Waals surface area contributed by atoms with Crippen LogP contribution in [0, 0.1) is 5.92 Å². The van der Waals surface area contributed by atoms with Gasteiger partial charge in [0.2, 0.25) is 0 Å². The molecule has 20 heavy (non-hydrogen) atoms. The number of ether oxygens (including phenoxy) is 2. The van der Waals surface area contributed by atoms with E-state index in [0.717, 1.165) is 34.2 Å². The molecule has 1 atom stereocenters. The van der Waals surface area contributed by atoms with Gasteiger partial charge in [-0.25, -0.2) is 0 Å². The lowest BCUT2D eigenvalue weighted by Crippen LogP contribution is -2.11. The van der Waals surface area contributed by atoms with Gasteiger partial charge in [-0.15, -0.1) is 0 Å². The molecule has 1 aromatic rings. The number of halogens is 1. The van der Waals surface area contributed by atoms with Crippen molar-refractivity contribution in [3.8, 4) is 5.75 Å². The minimum absolute atomic E-state index is 0.0554. The van der Waals surface area contributed by atoms with E-state index in [1.807, 2.05) is 12.1 Å². The van der Waals surface area contributed by atoms with Gasteiger partial charge in [0.25, 0.3) is 0 Å². The summed E-state index contributed by atoms with van der Waals surface area (Å²) in [5, 5.41) is 9.15. The monoisotopic (exact) mass is 342 g/mol. The molecule has 0 heterocycles. The highest BCUT2D eigenvalue weighted by molar-refractivity contribution is 9.10. The zero-order valence-electron chi connectivity index (χ0n) is 11.7. The summed E-state index contributed by atoms with van der Waals surface area (Å²) in [6.45, 7) is 0.460. The quantitative estimate of drug-likeness (QED) is 0.822. The number of rotatable bonds is 7. The van der Waals surface area contributed by atoms with Gasteiger partial charge >= 0.3 is 5.97 Å². The average molecular weight is 343 g/mol. The number of carboxylic acids is 1. The van der Waals surface area contributed by atoms with Crippen molar-refractivity contribution in [2.45, 2.75) is 31.8 Å². The largest absolute Gasteiger partial charge is 0.496 e. The highest BCUT2D eigenvalue weighted by Gasteiger charge is 2.35. The molecule has 1 aliphatic carbocycles. The number of carboxylic acid groups (broad SMARTS) is 1. The van der Waals surface area contributed by atoms with Crippen LogP contribution in [0.2, 0.25) is 0 Å². The molecule has 0 aliphatic heterocycles. The summed E-state index contributed by atoms with van der Waals surface area (Å²) >= 11 is 3.48. The van der Waals surface area contributed by atoms with E-state index in [1.54, 1.807) is 14.2 Å². The summed E-state index contributed by atoms with van der Waals surface area (Å²) in [5.74, 6) is 0.518. The molecule has 1 N–H and O–H groups in total. The van der Waals surface area contributed by atoms with Gasteiger partial charge in [0.1, 0.15) is 5.75 Å². The molecule has 1 unspecified atom stereocenters. The molecule has 1 aromatic carbocycles. The van der Waals surface area contributed by atoms with Gasteiger partial charge < -0.3 is 14.6 Å². The topological polar surface area (TPSA) is 55.8 Å². The lowest BCUT2D eigenvalue weighted by Gasteiger charge is -2.20. The number of benzene rings is 1. The molecule has 5 heteroatoms. The lowest BCUT2D eigenvalue weighted by molar-refractivity contribution is -0.137. The van der Waals surface area contributed by atoms with Crippen LogP contribution >= 0.6 is 15.9 Å². The molecule has 0 radical (unpaired) electrons. The zero-order chi connectivity index (χ0) is 14.7. The van der Waals surface area contributed by atoms with Crippen molar-refractivity contribution in [2.24, 2.45) is 5.92 Å². The second-order valence-corrected chi connectivity index (χ2v) is 6.01. The Morgan fingerprint density at radius 2 is 2.15 bits per heavy atom. The minimum atomic E-state index is -0.753. The van der Waals surface area contributed by atoms with Crippen LogP contribution in [-0.4, -0.2) is 25.3 Å². The van der Waals surface area contributed by atoms with Gasteiger partial charge in [0.05, 0.1) is 24.6 Å². The normalized spacial score (nSPS) is 15.9. The molecule has 0 saturated heterocycles. The van der Waals surface area contributed by atoms with Crippen molar-refractivity contribution in [2.75, 3.05) is 14.2 Å². The van der Waals surface area contributed by atoms with Crippen LogP contribution in [0.5, 0.6) is 5.75 Å². The highest BCUT2D eigenvalue weighted by atomic mass is 79.9. The molecule has 110 valence electrons. The summed E-state index contributed by atoms with van der Waals surface area (Å²) in [5.41, 5.74) is 2.06. The summed E-state index contributed by atoms with van der Waals surface area (Å²) in [6.07, 6.45) is 2.38. The van der Waals surface area contributed by atoms with Gasteiger partial charge in [-0.3, -0.25) is 4.79 Å². The predicted octanol–water partition coefficient (Wildman–Crippen LogP) is 3.57. The maximum Gasteiger partial charge on any atom is 0.303 e. The molecule has 0 amide bonds. The van der Waals surface area contributed by atoms with Crippen molar-refractivity contribution in [1.82, 2.24) is 0 Å². The Balaban J connectivity index is 2.40. The summed E-state index contributed by atoms with van der Waals surface area (Å²) in [6, 6.07) is 3.92. The van der Waals surface area contributed by atoms with Gasteiger partial charge in [-0.1, -0.05) is 0 Å². The molecule has 1 saturated carbocycles. The number of methoxy groups -OCH3 is 2. The molecule has 1 fully saturated rings. The van der Waals surface area contributed by atoms with E-state index in [1.165, 1.54) is 0 Å². The minimum Gasteiger partial charge on any atom is -0.496 e. The van der Waals surface area contributed by atoms with E-state index in [-0.39, 0.29) is 12.3 Å². The van der Waals surface area contributed by atoms with Gasteiger partial charge in [0, 0.05) is 7.11 Å². The standard InChI is InChI=1S/C15H19BrO4/c1-19-8-10-5-14(20-2)13(16)6-11(10)12(7-15(17)18)9-3-4-9/h5-6,9,12H,3-4,7-8H2,1-2H3,(H,17,18). The third-order valence-electron chi connectivity index (χ3n) is 3.70. The first kappa shape index (κ1) is 15.3. The van der Waals surface area contributed by atoms with E-state index in [9.17, 15) is 4.79 Å². The highest BCUT2D eigenvalue weighted by Crippen LogP contribution is 2.47. The molecular weight excluding hydrogens is 324 g/mol. The molecule has 4 nitrogen and oxygen atoms in total. The second-order valence-electron chi connectivity index (χ2n) is 5.16. The van der Waals surface area contributed by atoms with Crippen LogP contribution in [0.1, 0.15) is 36.3 Å². The first-order valence-electron chi connectivity index (χ1n) is 6.63. The van der Waals surface area contributed by atoms with E-state index in [0.29, 0.717) is 12.5 Å². The predicted molar refractivity (Wildman–Crippen MR) is 79.1 cm³/mol. The molecule has 2 rings (SSSR count). The second kappa shape index (κ2) is 6.59. The van der Waals surface area contributed by atoms with Crippen molar-refractivity contribution in [3.05, 3.63) is 27.7 Å². The fraction of sp³-hybridized carbons (Fsp3) is 0.533. The van der Waals surface area contributed by atoms with E-state index >= 15 is 0 Å². The SMILES string of the molecule is COCc1cc(OC)c(Br)cc1C(CC(=O)O)C1CC1. The Morgan fingerprint density at radius 1 is 1.45 bits per heavy atom. The summed E-state index contributed by atoms with van der Waals surface area (Å²) in [7, 11) is 3.26. The number of carbonyl (C=O) groups is 1.